The average molecular weight is 279 g/mol. The maximum Gasteiger partial charge on any atom is 0.126 e. The molecule has 0 atom stereocenters. The Labute approximate surface area is 118 Å². The molecule has 0 fully saturated rings. The van der Waals surface area contributed by atoms with Gasteiger partial charge in [0.05, 0.1) is 16.4 Å². The molecule has 0 amide bonds. The van der Waals surface area contributed by atoms with Crippen LogP contribution in [0.1, 0.15) is 30.8 Å². The van der Waals surface area contributed by atoms with Crippen molar-refractivity contribution in [2.75, 3.05) is 5.73 Å². The van der Waals surface area contributed by atoms with E-state index in [4.69, 9.17) is 17.3 Å². The Kier molecular flexibility index (Phi) is 4.43. The molecule has 0 saturated heterocycles. The molecule has 2 aromatic rings. The maximum absolute atomic E-state index is 6.38. The highest BCUT2D eigenvalue weighted by Gasteiger charge is 2.14. The number of nitrogens with zero attached hydrogens (tertiary/aromatic N) is 3. The highest BCUT2D eigenvalue weighted by atomic mass is 35.5. The normalized spacial score (nSPS) is 10.9. The molecule has 2 aromatic heterocycles. The first-order valence-corrected chi connectivity index (χ1v) is 6.98. The van der Waals surface area contributed by atoms with Crippen LogP contribution in [0.25, 0.3) is 0 Å². The fourth-order valence-corrected chi connectivity index (χ4v) is 2.53. The molecule has 19 heavy (non-hydrogen) atoms. The van der Waals surface area contributed by atoms with E-state index >= 15 is 0 Å². The van der Waals surface area contributed by atoms with Crippen molar-refractivity contribution < 1.29 is 0 Å². The lowest BCUT2D eigenvalue weighted by molar-refractivity contribution is 0.611. The molecule has 2 heterocycles. The Morgan fingerprint density at radius 2 is 2.11 bits per heavy atom. The third-order valence-corrected chi connectivity index (χ3v) is 3.69. The number of anilines is 1. The third-order valence-electron chi connectivity index (χ3n) is 3.25. The van der Waals surface area contributed by atoms with E-state index in [2.05, 4.69) is 23.9 Å². The zero-order valence-corrected chi connectivity index (χ0v) is 12.1. The highest BCUT2D eigenvalue weighted by molar-refractivity contribution is 6.31. The van der Waals surface area contributed by atoms with E-state index in [1.165, 1.54) is 0 Å². The van der Waals surface area contributed by atoms with Crippen molar-refractivity contribution >= 4 is 17.4 Å². The van der Waals surface area contributed by atoms with E-state index < -0.39 is 0 Å². The molecular formula is C14H19ClN4. The van der Waals surface area contributed by atoms with Crippen molar-refractivity contribution in [3.8, 4) is 0 Å². The summed E-state index contributed by atoms with van der Waals surface area (Å²) in [4.78, 5) is 4.10. The Bertz CT molecular complexity index is 563. The summed E-state index contributed by atoms with van der Waals surface area (Å²) in [6.45, 7) is 4.97. The molecule has 0 radical (unpaired) electrons. The van der Waals surface area contributed by atoms with Gasteiger partial charge in [-0.25, -0.2) is 4.98 Å². The summed E-state index contributed by atoms with van der Waals surface area (Å²) in [7, 11) is 0. The number of aryl methyl sites for hydroxylation is 3. The van der Waals surface area contributed by atoms with Crippen LogP contribution in [-0.2, 0) is 25.8 Å². The molecule has 2 N–H and O–H groups in total. The number of hydrogen-bond donors (Lipinski definition) is 1. The number of nitrogens with two attached hydrogens (primary N) is 1. The van der Waals surface area contributed by atoms with Crippen molar-refractivity contribution in [2.45, 2.75) is 39.7 Å². The fourth-order valence-electron chi connectivity index (χ4n) is 2.17. The quantitative estimate of drug-likeness (QED) is 0.915. The van der Waals surface area contributed by atoms with E-state index in [0.717, 1.165) is 47.8 Å². The van der Waals surface area contributed by atoms with Crippen molar-refractivity contribution in [1.82, 2.24) is 14.8 Å². The van der Waals surface area contributed by atoms with Gasteiger partial charge in [-0.05, 0) is 37.8 Å². The predicted octanol–water partition coefficient (Wildman–Crippen LogP) is 2.88. The van der Waals surface area contributed by atoms with Crippen LogP contribution in [0.2, 0.25) is 5.02 Å². The standard InChI is InChI=1S/C14H19ClN4/c1-3-11-13(15)12(19(4-2)18-11)8-7-10-6-5-9-17-14(10)16/h5-6,9H,3-4,7-8H2,1-2H3,(H2,16,17). The molecule has 5 heteroatoms. The molecule has 0 unspecified atom stereocenters. The van der Waals surface area contributed by atoms with Crippen molar-refractivity contribution in [2.24, 2.45) is 0 Å². The smallest absolute Gasteiger partial charge is 0.126 e. The topological polar surface area (TPSA) is 56.7 Å². The minimum atomic E-state index is 0.594. The number of halogens is 1. The number of hydrogen-bond acceptors (Lipinski definition) is 3. The van der Waals surface area contributed by atoms with Gasteiger partial charge in [0.1, 0.15) is 5.82 Å². The van der Waals surface area contributed by atoms with Gasteiger partial charge in [0.25, 0.3) is 0 Å². The first-order chi connectivity index (χ1) is 9.17. The van der Waals surface area contributed by atoms with Crippen LogP contribution in [0.3, 0.4) is 0 Å². The molecule has 0 saturated carbocycles. The van der Waals surface area contributed by atoms with E-state index in [-0.39, 0.29) is 0 Å². The summed E-state index contributed by atoms with van der Waals surface area (Å²) >= 11 is 6.38. The predicted molar refractivity (Wildman–Crippen MR) is 78.3 cm³/mol. The molecule has 2 rings (SSSR count). The van der Waals surface area contributed by atoms with Gasteiger partial charge in [0.2, 0.25) is 0 Å². The zero-order chi connectivity index (χ0) is 13.8. The molecule has 0 aliphatic rings. The van der Waals surface area contributed by atoms with Crippen molar-refractivity contribution in [3.05, 3.63) is 40.3 Å². The second-order valence-electron chi connectivity index (χ2n) is 4.42. The van der Waals surface area contributed by atoms with E-state index in [9.17, 15) is 0 Å². The first kappa shape index (κ1) is 13.9. The monoisotopic (exact) mass is 278 g/mol. The molecule has 102 valence electrons. The number of nitrogen functional groups attached to an aromatic ring is 1. The van der Waals surface area contributed by atoms with Gasteiger partial charge in [0, 0.05) is 12.7 Å². The molecule has 0 aromatic carbocycles. The summed E-state index contributed by atoms with van der Waals surface area (Å²) < 4.78 is 1.98. The number of aromatic nitrogens is 3. The molecule has 0 bridgehead atoms. The van der Waals surface area contributed by atoms with Gasteiger partial charge < -0.3 is 5.73 Å². The Morgan fingerprint density at radius 3 is 2.74 bits per heavy atom. The molecule has 0 spiro atoms. The highest BCUT2D eigenvalue weighted by Crippen LogP contribution is 2.23. The Morgan fingerprint density at radius 1 is 1.32 bits per heavy atom. The third kappa shape index (κ3) is 2.89. The van der Waals surface area contributed by atoms with Crippen LogP contribution in [0, 0.1) is 0 Å². The SMILES string of the molecule is CCc1nn(CC)c(CCc2cccnc2N)c1Cl. The first-order valence-electron chi connectivity index (χ1n) is 6.60. The van der Waals surface area contributed by atoms with Crippen LogP contribution in [0.4, 0.5) is 5.82 Å². The molecule has 0 aliphatic carbocycles. The van der Waals surface area contributed by atoms with Crippen LogP contribution in [0.5, 0.6) is 0 Å². The summed E-state index contributed by atoms with van der Waals surface area (Å²) in [5, 5.41) is 5.32. The minimum absolute atomic E-state index is 0.594. The Balaban J connectivity index is 2.20. The van der Waals surface area contributed by atoms with E-state index in [1.54, 1.807) is 6.20 Å². The number of pyridine rings is 1. The van der Waals surface area contributed by atoms with Gasteiger partial charge in [-0.1, -0.05) is 24.6 Å². The van der Waals surface area contributed by atoms with Crippen LogP contribution in [-0.4, -0.2) is 14.8 Å². The minimum Gasteiger partial charge on any atom is -0.383 e. The second-order valence-corrected chi connectivity index (χ2v) is 4.80. The lowest BCUT2D eigenvalue weighted by Gasteiger charge is -2.07. The summed E-state index contributed by atoms with van der Waals surface area (Å²) in [6.07, 6.45) is 4.22. The number of rotatable bonds is 5. The van der Waals surface area contributed by atoms with Crippen LogP contribution < -0.4 is 5.73 Å². The largest absolute Gasteiger partial charge is 0.383 e. The second kappa shape index (κ2) is 6.06. The van der Waals surface area contributed by atoms with Gasteiger partial charge in [-0.3, -0.25) is 4.68 Å². The molecule has 0 aliphatic heterocycles. The summed E-state index contributed by atoms with van der Waals surface area (Å²) in [5.74, 6) is 0.594. The van der Waals surface area contributed by atoms with Gasteiger partial charge in [-0.2, -0.15) is 5.10 Å². The summed E-state index contributed by atoms with van der Waals surface area (Å²) in [5.41, 5.74) is 8.97. The van der Waals surface area contributed by atoms with Crippen LogP contribution in [0.15, 0.2) is 18.3 Å². The van der Waals surface area contributed by atoms with Gasteiger partial charge in [-0.15, -0.1) is 0 Å². The van der Waals surface area contributed by atoms with E-state index in [1.807, 2.05) is 16.8 Å². The van der Waals surface area contributed by atoms with Crippen molar-refractivity contribution in [1.29, 1.82) is 0 Å². The van der Waals surface area contributed by atoms with Gasteiger partial charge in [0.15, 0.2) is 0 Å². The maximum atomic E-state index is 6.38. The lowest BCUT2D eigenvalue weighted by Crippen LogP contribution is -2.06. The fraction of sp³-hybridized carbons (Fsp3) is 0.429. The van der Waals surface area contributed by atoms with Crippen LogP contribution >= 0.6 is 11.6 Å². The van der Waals surface area contributed by atoms with Crippen molar-refractivity contribution in [3.63, 3.8) is 0 Å². The van der Waals surface area contributed by atoms with Gasteiger partial charge >= 0.3 is 0 Å². The summed E-state index contributed by atoms with van der Waals surface area (Å²) in [6, 6.07) is 3.91. The average Bonchev–Trinajstić information content (AvgIpc) is 2.74. The molecular weight excluding hydrogens is 260 g/mol. The Hall–Kier alpha value is -1.55. The zero-order valence-electron chi connectivity index (χ0n) is 11.4. The molecule has 4 nitrogen and oxygen atoms in total. The lowest BCUT2D eigenvalue weighted by atomic mass is 10.1. The van der Waals surface area contributed by atoms with E-state index in [0.29, 0.717) is 5.82 Å².